The molecule has 0 fully saturated rings. The monoisotopic (exact) mass is 439 g/mol. The van der Waals surface area contributed by atoms with E-state index in [1.165, 1.54) is 0 Å². The molecular formula is C24H29N3O3S. The number of nitrogens with one attached hydrogen (secondary N) is 1. The fourth-order valence-electron chi connectivity index (χ4n) is 3.77. The number of aryl methyl sites for hydroxylation is 1. The van der Waals surface area contributed by atoms with Crippen molar-refractivity contribution in [3.8, 4) is 11.8 Å². The summed E-state index contributed by atoms with van der Waals surface area (Å²) in [6, 6.07) is 15.6. The molecule has 0 aliphatic heterocycles. The first-order valence-electron chi connectivity index (χ1n) is 10.6. The van der Waals surface area contributed by atoms with Crippen molar-refractivity contribution < 1.29 is 13.2 Å². The fraction of sp³-hybridized carbons (Fsp3) is 0.375. The molecule has 0 aliphatic rings. The summed E-state index contributed by atoms with van der Waals surface area (Å²) in [5.74, 6) is 0.865. The third-order valence-corrected chi connectivity index (χ3v) is 6.79. The van der Waals surface area contributed by atoms with Crippen LogP contribution in [0.15, 0.2) is 42.5 Å². The first-order valence-corrected chi connectivity index (χ1v) is 12.3. The van der Waals surface area contributed by atoms with Crippen LogP contribution in [0.25, 0.3) is 10.9 Å². The molecule has 0 saturated carbocycles. The van der Waals surface area contributed by atoms with Crippen LogP contribution in [0.2, 0.25) is 0 Å². The topological polar surface area (TPSA) is 84.1 Å². The quantitative estimate of drug-likeness (QED) is 0.478. The van der Waals surface area contributed by atoms with Gasteiger partial charge >= 0.3 is 0 Å². The maximum Gasteiger partial charge on any atom is 0.232 e. The Morgan fingerprint density at radius 2 is 1.84 bits per heavy atom. The molecule has 0 atom stereocenters. The van der Waals surface area contributed by atoms with Crippen molar-refractivity contribution in [2.24, 2.45) is 0 Å². The number of hydrogen-bond donors (Lipinski definition) is 1. The van der Waals surface area contributed by atoms with Crippen LogP contribution in [0.1, 0.15) is 49.9 Å². The Morgan fingerprint density at radius 1 is 1.10 bits per heavy atom. The lowest BCUT2D eigenvalue weighted by atomic mass is 10.0. The number of ether oxygens (including phenoxy) is 1. The molecule has 3 aromatic rings. The van der Waals surface area contributed by atoms with E-state index in [1.54, 1.807) is 19.2 Å². The van der Waals surface area contributed by atoms with Crippen molar-refractivity contribution in [1.29, 1.82) is 5.26 Å². The van der Waals surface area contributed by atoms with Crippen LogP contribution in [-0.2, 0) is 23.0 Å². The zero-order valence-corrected chi connectivity index (χ0v) is 19.1. The highest BCUT2D eigenvalue weighted by atomic mass is 32.2. The molecule has 0 bridgehead atoms. The predicted octanol–water partition coefficient (Wildman–Crippen LogP) is 5.06. The molecule has 1 aromatic heterocycles. The SMILES string of the molecule is CCCCn1c(Cc2ccc(NS(=O)(=O)CCC)cc2)c(C#N)c2ccc(OC)cc21. The van der Waals surface area contributed by atoms with Crippen LogP contribution in [-0.4, -0.2) is 25.8 Å². The summed E-state index contributed by atoms with van der Waals surface area (Å²) in [6.07, 6.45) is 3.22. The lowest BCUT2D eigenvalue weighted by Crippen LogP contribution is -2.16. The minimum atomic E-state index is -3.32. The average molecular weight is 440 g/mol. The van der Waals surface area contributed by atoms with Crippen LogP contribution < -0.4 is 9.46 Å². The number of sulfonamides is 1. The normalized spacial score (nSPS) is 11.4. The van der Waals surface area contributed by atoms with E-state index in [0.717, 1.165) is 47.3 Å². The number of anilines is 1. The average Bonchev–Trinajstić information content (AvgIpc) is 3.04. The van der Waals surface area contributed by atoms with Gasteiger partial charge in [-0.25, -0.2) is 8.42 Å². The van der Waals surface area contributed by atoms with Crippen molar-refractivity contribution in [3.63, 3.8) is 0 Å². The van der Waals surface area contributed by atoms with E-state index in [0.29, 0.717) is 24.1 Å². The van der Waals surface area contributed by atoms with Gasteiger partial charge in [0.25, 0.3) is 0 Å². The van der Waals surface area contributed by atoms with Gasteiger partial charge in [-0.1, -0.05) is 32.4 Å². The van der Waals surface area contributed by atoms with Gasteiger partial charge in [0.15, 0.2) is 0 Å². The minimum Gasteiger partial charge on any atom is -0.497 e. The van der Waals surface area contributed by atoms with Gasteiger partial charge in [0, 0.05) is 35.8 Å². The van der Waals surface area contributed by atoms with Crippen LogP contribution in [0.4, 0.5) is 5.69 Å². The number of methoxy groups -OCH3 is 1. The van der Waals surface area contributed by atoms with Crippen molar-refractivity contribution in [2.75, 3.05) is 17.6 Å². The van der Waals surface area contributed by atoms with E-state index in [4.69, 9.17) is 4.74 Å². The highest BCUT2D eigenvalue weighted by molar-refractivity contribution is 7.92. The summed E-state index contributed by atoms with van der Waals surface area (Å²) in [5.41, 5.74) is 4.22. The second kappa shape index (κ2) is 9.88. The number of benzene rings is 2. The van der Waals surface area contributed by atoms with Crippen molar-refractivity contribution in [3.05, 3.63) is 59.3 Å². The Labute approximate surface area is 184 Å². The van der Waals surface area contributed by atoms with E-state index < -0.39 is 10.0 Å². The van der Waals surface area contributed by atoms with E-state index >= 15 is 0 Å². The predicted molar refractivity (Wildman–Crippen MR) is 125 cm³/mol. The molecule has 3 rings (SSSR count). The Hall–Kier alpha value is -2.98. The van der Waals surface area contributed by atoms with Crippen molar-refractivity contribution in [1.82, 2.24) is 4.57 Å². The van der Waals surface area contributed by atoms with Crippen molar-refractivity contribution >= 4 is 26.6 Å². The van der Waals surface area contributed by atoms with E-state index in [-0.39, 0.29) is 5.75 Å². The minimum absolute atomic E-state index is 0.0985. The van der Waals surface area contributed by atoms with Gasteiger partial charge in [-0.3, -0.25) is 4.72 Å². The molecular weight excluding hydrogens is 410 g/mol. The zero-order valence-electron chi connectivity index (χ0n) is 18.3. The van der Waals surface area contributed by atoms with Crippen molar-refractivity contribution in [2.45, 2.75) is 46.1 Å². The first-order chi connectivity index (χ1) is 14.9. The summed E-state index contributed by atoms with van der Waals surface area (Å²) in [4.78, 5) is 0. The standard InChI is InChI=1S/C24H29N3O3S/c1-4-6-13-27-23(22(17-25)21-12-11-20(30-3)16-24(21)27)15-18-7-9-19(10-8-18)26-31(28,29)14-5-2/h7-12,16,26H,4-6,13-15H2,1-3H3. The van der Waals surface area contributed by atoms with E-state index in [1.807, 2.05) is 37.3 Å². The van der Waals surface area contributed by atoms with Gasteiger partial charge in [0.05, 0.1) is 23.9 Å². The van der Waals surface area contributed by atoms with Gasteiger partial charge in [-0.15, -0.1) is 0 Å². The summed E-state index contributed by atoms with van der Waals surface area (Å²) < 4.78 is 34.2. The number of unbranched alkanes of at least 4 members (excludes halogenated alkanes) is 1. The van der Waals surface area contributed by atoms with Crippen LogP contribution in [0.5, 0.6) is 5.75 Å². The molecule has 31 heavy (non-hydrogen) atoms. The van der Waals surface area contributed by atoms with Crippen LogP contribution >= 0.6 is 0 Å². The van der Waals surface area contributed by atoms with Gasteiger partial charge in [0.1, 0.15) is 11.8 Å². The maximum atomic E-state index is 12.0. The molecule has 0 saturated heterocycles. The Bertz CT molecular complexity index is 1190. The number of rotatable bonds is 10. The van der Waals surface area contributed by atoms with Crippen LogP contribution in [0, 0.1) is 11.3 Å². The van der Waals surface area contributed by atoms with Gasteiger partial charge in [-0.2, -0.15) is 5.26 Å². The summed E-state index contributed by atoms with van der Waals surface area (Å²) in [6.45, 7) is 4.81. The molecule has 1 N–H and O–H groups in total. The van der Waals surface area contributed by atoms with Gasteiger partial charge in [-0.05, 0) is 42.7 Å². The molecule has 0 amide bonds. The molecule has 0 radical (unpaired) electrons. The number of hydrogen-bond acceptors (Lipinski definition) is 4. The number of nitrogens with zero attached hydrogens (tertiary/aromatic N) is 2. The summed E-state index contributed by atoms with van der Waals surface area (Å²) in [7, 11) is -1.68. The number of aromatic nitrogens is 1. The molecule has 2 aromatic carbocycles. The van der Waals surface area contributed by atoms with E-state index in [9.17, 15) is 13.7 Å². The third kappa shape index (κ3) is 5.20. The molecule has 0 unspecified atom stereocenters. The van der Waals surface area contributed by atoms with E-state index in [2.05, 4.69) is 22.3 Å². The molecule has 1 heterocycles. The second-order valence-electron chi connectivity index (χ2n) is 7.62. The lowest BCUT2D eigenvalue weighted by Gasteiger charge is -2.12. The number of fused-ring (bicyclic) bond motifs is 1. The lowest BCUT2D eigenvalue weighted by molar-refractivity contribution is 0.415. The second-order valence-corrected chi connectivity index (χ2v) is 9.46. The Kier molecular flexibility index (Phi) is 7.24. The Balaban J connectivity index is 1.97. The fourth-order valence-corrected chi connectivity index (χ4v) is 4.91. The number of nitriles is 1. The van der Waals surface area contributed by atoms with Gasteiger partial charge < -0.3 is 9.30 Å². The smallest absolute Gasteiger partial charge is 0.232 e. The maximum absolute atomic E-state index is 12.0. The van der Waals surface area contributed by atoms with Gasteiger partial charge in [0.2, 0.25) is 10.0 Å². The molecule has 0 spiro atoms. The highest BCUT2D eigenvalue weighted by Gasteiger charge is 2.18. The summed E-state index contributed by atoms with van der Waals surface area (Å²) >= 11 is 0. The van der Waals surface area contributed by atoms with Crippen LogP contribution in [0.3, 0.4) is 0 Å². The Morgan fingerprint density at radius 3 is 2.45 bits per heavy atom. The highest BCUT2D eigenvalue weighted by Crippen LogP contribution is 2.31. The largest absolute Gasteiger partial charge is 0.497 e. The molecule has 0 aliphatic carbocycles. The molecule has 164 valence electrons. The molecule has 7 heteroatoms. The molecule has 6 nitrogen and oxygen atoms in total. The first kappa shape index (κ1) is 22.7. The summed E-state index contributed by atoms with van der Waals surface area (Å²) in [5, 5.41) is 10.8. The third-order valence-electron chi connectivity index (χ3n) is 5.30. The zero-order chi connectivity index (χ0) is 22.4.